The molecule has 1 atom stereocenters. The normalized spacial score (nSPS) is 25.9. The fourth-order valence-electron chi connectivity index (χ4n) is 1.75. The predicted octanol–water partition coefficient (Wildman–Crippen LogP) is 2.29. The summed E-state index contributed by atoms with van der Waals surface area (Å²) in [5.74, 6) is 0.540. The molecular formula is C9H12BrNO2S2. The molecule has 1 unspecified atom stereocenters. The quantitative estimate of drug-likeness (QED) is 0.840. The average Bonchev–Trinajstić information content (AvgIpc) is 2.58. The summed E-state index contributed by atoms with van der Waals surface area (Å²) < 4.78 is 26.0. The van der Waals surface area contributed by atoms with E-state index in [1.54, 1.807) is 15.6 Å². The highest BCUT2D eigenvalue weighted by Crippen LogP contribution is 2.27. The second-order valence-corrected chi connectivity index (χ2v) is 8.44. The summed E-state index contributed by atoms with van der Waals surface area (Å²) in [4.78, 5) is 1.08. The van der Waals surface area contributed by atoms with Gasteiger partial charge in [-0.05, 0) is 34.0 Å². The van der Waals surface area contributed by atoms with E-state index in [-0.39, 0.29) is 5.92 Å². The molecule has 0 aliphatic carbocycles. The first-order chi connectivity index (χ1) is 6.97. The number of halogens is 1. The molecule has 1 fully saturated rings. The molecule has 0 N–H and O–H groups in total. The largest absolute Gasteiger partial charge is 0.214 e. The van der Waals surface area contributed by atoms with Crippen LogP contribution in [0.3, 0.4) is 0 Å². The van der Waals surface area contributed by atoms with Crippen LogP contribution >= 0.6 is 27.3 Å². The fraction of sp³-hybridized carbons (Fsp3) is 0.556. The lowest BCUT2D eigenvalue weighted by atomic mass is 10.2. The van der Waals surface area contributed by atoms with Crippen LogP contribution in [0.25, 0.3) is 0 Å². The van der Waals surface area contributed by atoms with Gasteiger partial charge < -0.3 is 0 Å². The standard InChI is InChI=1S/C9H12BrNO2S2/c1-7-4-11(15(12,13)6-7)5-8-2-3-9(10)14-8/h2-3,7H,4-6H2,1H3. The zero-order valence-electron chi connectivity index (χ0n) is 8.31. The molecule has 6 heteroatoms. The van der Waals surface area contributed by atoms with Crippen molar-refractivity contribution in [2.24, 2.45) is 5.92 Å². The summed E-state index contributed by atoms with van der Waals surface area (Å²) in [7, 11) is -3.00. The van der Waals surface area contributed by atoms with E-state index in [0.717, 1.165) is 8.66 Å². The van der Waals surface area contributed by atoms with E-state index < -0.39 is 10.0 Å². The lowest BCUT2D eigenvalue weighted by Crippen LogP contribution is -2.24. The van der Waals surface area contributed by atoms with Crippen LogP contribution in [0.15, 0.2) is 15.9 Å². The van der Waals surface area contributed by atoms with Gasteiger partial charge in [-0.2, -0.15) is 4.31 Å². The van der Waals surface area contributed by atoms with Crippen LogP contribution in [0.2, 0.25) is 0 Å². The Bertz CT molecular complexity index is 454. The van der Waals surface area contributed by atoms with Crippen molar-refractivity contribution in [1.82, 2.24) is 4.31 Å². The Kier molecular flexibility index (Phi) is 3.21. The van der Waals surface area contributed by atoms with Gasteiger partial charge in [0.2, 0.25) is 10.0 Å². The first-order valence-corrected chi connectivity index (χ1v) is 7.91. The van der Waals surface area contributed by atoms with Gasteiger partial charge in [-0.15, -0.1) is 11.3 Å². The molecule has 0 bridgehead atoms. The third-order valence-corrected chi connectivity index (χ3v) is 6.03. The van der Waals surface area contributed by atoms with Crippen LogP contribution in [0.4, 0.5) is 0 Å². The zero-order valence-corrected chi connectivity index (χ0v) is 11.5. The Morgan fingerprint density at radius 1 is 1.60 bits per heavy atom. The molecule has 2 rings (SSSR count). The molecule has 1 saturated heterocycles. The smallest absolute Gasteiger partial charge is 0.212 e. The van der Waals surface area contributed by atoms with Crippen LogP contribution in [-0.2, 0) is 16.6 Å². The van der Waals surface area contributed by atoms with Crippen molar-refractivity contribution >= 4 is 37.3 Å². The predicted molar refractivity (Wildman–Crippen MR) is 65.4 cm³/mol. The molecular weight excluding hydrogens is 298 g/mol. The number of hydrogen-bond acceptors (Lipinski definition) is 3. The summed E-state index contributed by atoms with van der Waals surface area (Å²) in [6.45, 7) is 3.14. The highest BCUT2D eigenvalue weighted by Gasteiger charge is 2.33. The lowest BCUT2D eigenvalue weighted by molar-refractivity contribution is 0.412. The van der Waals surface area contributed by atoms with Crippen LogP contribution in [0.1, 0.15) is 11.8 Å². The van der Waals surface area contributed by atoms with E-state index >= 15 is 0 Å². The molecule has 0 radical (unpaired) electrons. The molecule has 1 aliphatic rings. The van der Waals surface area contributed by atoms with Crippen LogP contribution < -0.4 is 0 Å². The molecule has 3 nitrogen and oxygen atoms in total. The second kappa shape index (κ2) is 4.16. The van der Waals surface area contributed by atoms with Gasteiger partial charge in [0.1, 0.15) is 0 Å². The van der Waals surface area contributed by atoms with E-state index in [1.165, 1.54) is 0 Å². The number of hydrogen-bond donors (Lipinski definition) is 0. The second-order valence-electron chi connectivity index (χ2n) is 3.88. The van der Waals surface area contributed by atoms with Gasteiger partial charge in [-0.25, -0.2) is 8.42 Å². The van der Waals surface area contributed by atoms with Crippen molar-refractivity contribution in [3.63, 3.8) is 0 Å². The molecule has 84 valence electrons. The fourth-order valence-corrected chi connectivity index (χ4v) is 5.19. The molecule has 0 amide bonds. The Hall–Kier alpha value is 0.0900. The minimum atomic E-state index is -3.00. The molecule has 15 heavy (non-hydrogen) atoms. The van der Waals surface area contributed by atoms with Gasteiger partial charge in [0.25, 0.3) is 0 Å². The van der Waals surface area contributed by atoms with Crippen molar-refractivity contribution in [2.45, 2.75) is 13.5 Å². The number of thiophene rings is 1. The summed E-state index contributed by atoms with van der Waals surface area (Å²) in [5.41, 5.74) is 0. The number of nitrogens with zero attached hydrogens (tertiary/aromatic N) is 1. The van der Waals surface area contributed by atoms with E-state index in [0.29, 0.717) is 18.8 Å². The summed E-state index contributed by atoms with van der Waals surface area (Å²) in [6.07, 6.45) is 0. The number of rotatable bonds is 2. The van der Waals surface area contributed by atoms with E-state index in [2.05, 4.69) is 15.9 Å². The molecule has 1 aliphatic heterocycles. The first kappa shape index (κ1) is 11.6. The van der Waals surface area contributed by atoms with Crippen molar-refractivity contribution in [3.05, 3.63) is 20.8 Å². The topological polar surface area (TPSA) is 37.4 Å². The summed E-state index contributed by atoms with van der Waals surface area (Å²) in [5, 5.41) is 0. The minimum Gasteiger partial charge on any atom is -0.212 e. The van der Waals surface area contributed by atoms with Crippen molar-refractivity contribution in [1.29, 1.82) is 0 Å². The van der Waals surface area contributed by atoms with Crippen LogP contribution in [-0.4, -0.2) is 25.0 Å². The number of sulfonamides is 1. The van der Waals surface area contributed by atoms with E-state index in [9.17, 15) is 8.42 Å². The lowest BCUT2D eigenvalue weighted by Gasteiger charge is -2.12. The summed E-state index contributed by atoms with van der Waals surface area (Å²) in [6, 6.07) is 3.92. The first-order valence-electron chi connectivity index (χ1n) is 4.69. The maximum atomic E-state index is 11.7. The minimum absolute atomic E-state index is 0.249. The summed E-state index contributed by atoms with van der Waals surface area (Å²) >= 11 is 4.96. The molecule has 1 aromatic rings. The van der Waals surface area contributed by atoms with Crippen molar-refractivity contribution in [3.8, 4) is 0 Å². The molecule has 1 aromatic heterocycles. The highest BCUT2D eigenvalue weighted by atomic mass is 79.9. The van der Waals surface area contributed by atoms with Gasteiger partial charge in [0, 0.05) is 18.0 Å². The SMILES string of the molecule is CC1CN(Cc2ccc(Br)s2)S(=O)(=O)C1. The van der Waals surface area contributed by atoms with Crippen molar-refractivity contribution < 1.29 is 8.42 Å². The maximum absolute atomic E-state index is 11.7. The molecule has 0 saturated carbocycles. The van der Waals surface area contributed by atoms with Gasteiger partial charge in [-0.1, -0.05) is 6.92 Å². The maximum Gasteiger partial charge on any atom is 0.214 e. The Balaban J connectivity index is 2.13. The van der Waals surface area contributed by atoms with Gasteiger partial charge in [-0.3, -0.25) is 0 Å². The molecule has 2 heterocycles. The van der Waals surface area contributed by atoms with Crippen molar-refractivity contribution in [2.75, 3.05) is 12.3 Å². The van der Waals surface area contributed by atoms with E-state index in [1.807, 2.05) is 19.1 Å². The van der Waals surface area contributed by atoms with Crippen LogP contribution in [0, 0.1) is 5.92 Å². The van der Waals surface area contributed by atoms with Gasteiger partial charge >= 0.3 is 0 Å². The monoisotopic (exact) mass is 309 g/mol. The van der Waals surface area contributed by atoms with Gasteiger partial charge in [0.05, 0.1) is 9.54 Å². The third kappa shape index (κ3) is 2.61. The van der Waals surface area contributed by atoms with Gasteiger partial charge in [0.15, 0.2) is 0 Å². The van der Waals surface area contributed by atoms with E-state index in [4.69, 9.17) is 0 Å². The Morgan fingerprint density at radius 3 is 2.80 bits per heavy atom. The highest BCUT2D eigenvalue weighted by molar-refractivity contribution is 9.11. The van der Waals surface area contributed by atoms with Crippen LogP contribution in [0.5, 0.6) is 0 Å². The Morgan fingerprint density at radius 2 is 2.33 bits per heavy atom. The average molecular weight is 310 g/mol. The Labute approximate surface area is 102 Å². The third-order valence-electron chi connectivity index (χ3n) is 2.36. The zero-order chi connectivity index (χ0) is 11.1. The molecule has 0 spiro atoms. The molecule has 0 aromatic carbocycles.